The molecule has 3 N–H and O–H groups in total. The third-order valence-corrected chi connectivity index (χ3v) is 3.53. The molecule has 0 atom stereocenters. The number of amides is 1. The van der Waals surface area contributed by atoms with Gasteiger partial charge in [0, 0.05) is 11.4 Å². The van der Waals surface area contributed by atoms with Crippen molar-refractivity contribution in [1.82, 2.24) is 9.78 Å². The second kappa shape index (κ2) is 6.63. The summed E-state index contributed by atoms with van der Waals surface area (Å²) in [5.41, 5.74) is 8.79. The fourth-order valence-corrected chi connectivity index (χ4v) is 2.24. The summed E-state index contributed by atoms with van der Waals surface area (Å²) in [7, 11) is 0. The SMILES string of the molecule is CCc1cc(CC)n(CC(=O)Nc2cc(N)ccc2Cl)n1. The molecule has 0 spiro atoms. The Labute approximate surface area is 129 Å². The number of carbonyl (C=O) groups is 1. The highest BCUT2D eigenvalue weighted by Crippen LogP contribution is 2.24. The molecule has 2 aromatic rings. The summed E-state index contributed by atoms with van der Waals surface area (Å²) in [4.78, 5) is 12.1. The minimum Gasteiger partial charge on any atom is -0.399 e. The van der Waals surface area contributed by atoms with Crippen LogP contribution in [-0.2, 0) is 24.2 Å². The van der Waals surface area contributed by atoms with E-state index in [-0.39, 0.29) is 12.5 Å². The topological polar surface area (TPSA) is 72.9 Å². The first kappa shape index (κ1) is 15.4. The Balaban J connectivity index is 2.11. The number of nitrogens with zero attached hydrogens (tertiary/aromatic N) is 2. The van der Waals surface area contributed by atoms with Crippen molar-refractivity contribution in [2.75, 3.05) is 11.1 Å². The first-order valence-electron chi connectivity index (χ1n) is 6.94. The molecular formula is C15H19ClN4O. The second-order valence-electron chi connectivity index (χ2n) is 4.78. The Morgan fingerprint density at radius 1 is 1.33 bits per heavy atom. The van der Waals surface area contributed by atoms with Gasteiger partial charge in [-0.2, -0.15) is 5.10 Å². The van der Waals surface area contributed by atoms with Gasteiger partial charge in [0.15, 0.2) is 0 Å². The maximum Gasteiger partial charge on any atom is 0.246 e. The van der Waals surface area contributed by atoms with E-state index in [2.05, 4.69) is 10.4 Å². The Morgan fingerprint density at radius 3 is 2.76 bits per heavy atom. The van der Waals surface area contributed by atoms with Gasteiger partial charge < -0.3 is 11.1 Å². The van der Waals surface area contributed by atoms with Crippen molar-refractivity contribution in [3.63, 3.8) is 0 Å². The fraction of sp³-hybridized carbons (Fsp3) is 0.333. The number of hydrogen-bond donors (Lipinski definition) is 2. The molecule has 1 aromatic heterocycles. The van der Waals surface area contributed by atoms with Crippen LogP contribution in [0.5, 0.6) is 0 Å². The molecule has 0 bridgehead atoms. The minimum absolute atomic E-state index is 0.161. The average Bonchev–Trinajstić information content (AvgIpc) is 2.85. The van der Waals surface area contributed by atoms with Crippen LogP contribution in [0.15, 0.2) is 24.3 Å². The maximum absolute atomic E-state index is 12.1. The van der Waals surface area contributed by atoms with Gasteiger partial charge in [-0.25, -0.2) is 0 Å². The zero-order chi connectivity index (χ0) is 15.4. The summed E-state index contributed by atoms with van der Waals surface area (Å²) in [6, 6.07) is 7.02. The Bertz CT molecular complexity index is 651. The number of aromatic nitrogens is 2. The van der Waals surface area contributed by atoms with Crippen LogP contribution in [-0.4, -0.2) is 15.7 Å². The Kier molecular flexibility index (Phi) is 4.85. The van der Waals surface area contributed by atoms with Gasteiger partial charge in [0.2, 0.25) is 5.91 Å². The molecule has 5 nitrogen and oxygen atoms in total. The smallest absolute Gasteiger partial charge is 0.246 e. The number of nitrogens with one attached hydrogen (secondary N) is 1. The Hall–Kier alpha value is -2.01. The van der Waals surface area contributed by atoms with Crippen LogP contribution in [0.25, 0.3) is 0 Å². The van der Waals surface area contributed by atoms with Crippen molar-refractivity contribution in [2.24, 2.45) is 0 Å². The first-order chi connectivity index (χ1) is 10.0. The van der Waals surface area contributed by atoms with Crippen LogP contribution < -0.4 is 11.1 Å². The number of anilines is 2. The number of aryl methyl sites for hydroxylation is 2. The summed E-state index contributed by atoms with van der Waals surface area (Å²) in [6.45, 7) is 4.24. The number of halogens is 1. The predicted octanol–water partition coefficient (Wildman–Crippen LogP) is 2.88. The zero-order valence-corrected chi connectivity index (χ0v) is 12.9. The van der Waals surface area contributed by atoms with Gasteiger partial charge in [-0.1, -0.05) is 25.4 Å². The van der Waals surface area contributed by atoms with Gasteiger partial charge >= 0.3 is 0 Å². The molecule has 0 radical (unpaired) electrons. The van der Waals surface area contributed by atoms with Crippen LogP contribution in [0.2, 0.25) is 5.02 Å². The normalized spacial score (nSPS) is 10.6. The third kappa shape index (κ3) is 3.76. The lowest BCUT2D eigenvalue weighted by Crippen LogP contribution is -2.21. The van der Waals surface area contributed by atoms with E-state index in [1.807, 2.05) is 19.9 Å². The molecule has 1 heterocycles. The first-order valence-corrected chi connectivity index (χ1v) is 7.31. The second-order valence-corrected chi connectivity index (χ2v) is 5.19. The van der Waals surface area contributed by atoms with Crippen LogP contribution in [0.1, 0.15) is 25.2 Å². The highest BCUT2D eigenvalue weighted by atomic mass is 35.5. The van der Waals surface area contributed by atoms with Crippen molar-refractivity contribution in [3.05, 3.63) is 40.7 Å². The standard InChI is InChI=1S/C15H19ClN4O/c1-3-11-8-12(4-2)20(19-11)9-15(21)18-14-7-10(17)5-6-13(14)16/h5-8H,3-4,9,17H2,1-2H3,(H,18,21). The number of nitrogens with two attached hydrogens (primary N) is 1. The molecule has 0 saturated carbocycles. The summed E-state index contributed by atoms with van der Waals surface area (Å²) >= 11 is 6.04. The number of rotatable bonds is 5. The number of hydrogen-bond acceptors (Lipinski definition) is 3. The number of nitrogen functional groups attached to an aromatic ring is 1. The van der Waals surface area contributed by atoms with E-state index in [9.17, 15) is 4.79 Å². The van der Waals surface area contributed by atoms with Crippen molar-refractivity contribution < 1.29 is 4.79 Å². The van der Waals surface area contributed by atoms with Crippen molar-refractivity contribution in [1.29, 1.82) is 0 Å². The van der Waals surface area contributed by atoms with Crippen LogP contribution >= 0.6 is 11.6 Å². The molecular weight excluding hydrogens is 288 g/mol. The zero-order valence-electron chi connectivity index (χ0n) is 12.2. The van der Waals surface area contributed by atoms with E-state index < -0.39 is 0 Å². The molecule has 1 amide bonds. The van der Waals surface area contributed by atoms with Crippen LogP contribution in [0.4, 0.5) is 11.4 Å². The fourth-order valence-electron chi connectivity index (χ4n) is 2.07. The summed E-state index contributed by atoms with van der Waals surface area (Å²) in [6.07, 6.45) is 1.68. The van der Waals surface area contributed by atoms with Crippen LogP contribution in [0, 0.1) is 0 Å². The lowest BCUT2D eigenvalue weighted by Gasteiger charge is -2.09. The lowest BCUT2D eigenvalue weighted by atomic mass is 10.2. The van der Waals surface area contributed by atoms with E-state index in [0.29, 0.717) is 16.4 Å². The number of benzene rings is 1. The summed E-state index contributed by atoms with van der Waals surface area (Å²) in [5, 5.41) is 7.65. The van der Waals surface area contributed by atoms with Crippen LogP contribution in [0.3, 0.4) is 0 Å². The molecule has 1 aromatic carbocycles. The average molecular weight is 307 g/mol. The quantitative estimate of drug-likeness (QED) is 0.834. The molecule has 0 unspecified atom stereocenters. The van der Waals surface area contributed by atoms with Gasteiger partial charge in [0.05, 0.1) is 16.4 Å². The van der Waals surface area contributed by atoms with E-state index in [4.69, 9.17) is 17.3 Å². The molecule has 6 heteroatoms. The van der Waals surface area contributed by atoms with E-state index in [1.54, 1.807) is 22.9 Å². The Morgan fingerprint density at radius 2 is 2.10 bits per heavy atom. The molecule has 0 aliphatic rings. The molecule has 2 rings (SSSR count). The van der Waals surface area contributed by atoms with E-state index in [0.717, 1.165) is 24.2 Å². The summed E-state index contributed by atoms with van der Waals surface area (Å²) in [5.74, 6) is -0.178. The molecule has 0 aliphatic heterocycles. The predicted molar refractivity (Wildman–Crippen MR) is 85.5 cm³/mol. The van der Waals surface area contributed by atoms with Gasteiger partial charge in [-0.05, 0) is 37.1 Å². The molecule has 112 valence electrons. The molecule has 0 fully saturated rings. The minimum atomic E-state index is -0.178. The lowest BCUT2D eigenvalue weighted by molar-refractivity contribution is -0.116. The van der Waals surface area contributed by atoms with Crippen molar-refractivity contribution in [3.8, 4) is 0 Å². The van der Waals surface area contributed by atoms with Gasteiger partial charge in [-0.3, -0.25) is 9.48 Å². The highest BCUT2D eigenvalue weighted by Gasteiger charge is 2.11. The number of carbonyl (C=O) groups excluding carboxylic acids is 1. The van der Waals surface area contributed by atoms with Gasteiger partial charge in [0.1, 0.15) is 6.54 Å². The van der Waals surface area contributed by atoms with E-state index in [1.165, 1.54) is 0 Å². The van der Waals surface area contributed by atoms with Gasteiger partial charge in [-0.15, -0.1) is 0 Å². The maximum atomic E-state index is 12.1. The van der Waals surface area contributed by atoms with E-state index >= 15 is 0 Å². The van der Waals surface area contributed by atoms with Gasteiger partial charge in [0.25, 0.3) is 0 Å². The third-order valence-electron chi connectivity index (χ3n) is 3.20. The molecule has 0 saturated heterocycles. The molecule has 0 aliphatic carbocycles. The highest BCUT2D eigenvalue weighted by molar-refractivity contribution is 6.33. The van der Waals surface area contributed by atoms with Crippen molar-refractivity contribution in [2.45, 2.75) is 33.2 Å². The monoisotopic (exact) mass is 306 g/mol. The van der Waals surface area contributed by atoms with Crippen molar-refractivity contribution >= 4 is 28.9 Å². The largest absolute Gasteiger partial charge is 0.399 e. The summed E-state index contributed by atoms with van der Waals surface area (Å²) < 4.78 is 1.73. The molecule has 21 heavy (non-hydrogen) atoms.